The Morgan fingerprint density at radius 2 is 1.05 bits per heavy atom. The summed E-state index contributed by atoms with van der Waals surface area (Å²) in [6.45, 7) is 4.09. The molecule has 0 nitrogen and oxygen atoms in total. The minimum Gasteiger partial charge on any atom is -0.0827 e. The summed E-state index contributed by atoms with van der Waals surface area (Å²) < 4.78 is 0. The SMILES string of the molecule is CC(C)(c1cccc(Cl)c1Cl)c1cccc(Cl)c1Cl. The maximum absolute atomic E-state index is 6.31. The molecule has 0 radical (unpaired) electrons. The van der Waals surface area contributed by atoms with Crippen molar-refractivity contribution < 1.29 is 0 Å². The summed E-state index contributed by atoms with van der Waals surface area (Å²) in [6.07, 6.45) is 0. The van der Waals surface area contributed by atoms with Crippen molar-refractivity contribution in [3.63, 3.8) is 0 Å². The first kappa shape index (κ1) is 15.0. The van der Waals surface area contributed by atoms with Gasteiger partial charge in [-0.05, 0) is 23.3 Å². The molecule has 0 atom stereocenters. The lowest BCUT2D eigenvalue weighted by atomic mass is 9.78. The van der Waals surface area contributed by atoms with Crippen LogP contribution in [0.4, 0.5) is 0 Å². The van der Waals surface area contributed by atoms with Gasteiger partial charge in [0.05, 0.1) is 20.1 Å². The molecule has 0 amide bonds. The summed E-state index contributed by atoms with van der Waals surface area (Å²) in [5, 5.41) is 2.16. The zero-order valence-electron chi connectivity index (χ0n) is 10.5. The highest BCUT2D eigenvalue weighted by molar-refractivity contribution is 6.43. The highest BCUT2D eigenvalue weighted by Crippen LogP contribution is 2.42. The van der Waals surface area contributed by atoms with Crippen LogP contribution >= 0.6 is 46.4 Å². The van der Waals surface area contributed by atoms with Crippen molar-refractivity contribution in [2.45, 2.75) is 19.3 Å². The molecule has 4 heteroatoms. The molecule has 0 aliphatic carbocycles. The summed E-state index contributed by atoms with van der Waals surface area (Å²) in [5.74, 6) is 0. The van der Waals surface area contributed by atoms with Gasteiger partial charge in [0.25, 0.3) is 0 Å². The molecular weight excluding hydrogens is 322 g/mol. The van der Waals surface area contributed by atoms with Crippen LogP contribution in [0.1, 0.15) is 25.0 Å². The molecule has 0 bridgehead atoms. The molecule has 0 aromatic heterocycles. The predicted octanol–water partition coefficient (Wildman–Crippen LogP) is 6.63. The zero-order valence-corrected chi connectivity index (χ0v) is 13.5. The third-order valence-corrected chi connectivity index (χ3v) is 4.89. The Morgan fingerprint density at radius 1 is 0.684 bits per heavy atom. The fraction of sp³-hybridized carbons (Fsp3) is 0.200. The van der Waals surface area contributed by atoms with Gasteiger partial charge in [0, 0.05) is 5.41 Å². The second kappa shape index (κ2) is 5.54. The molecule has 0 aliphatic rings. The van der Waals surface area contributed by atoms with Gasteiger partial charge >= 0.3 is 0 Å². The molecule has 2 rings (SSSR count). The molecule has 0 fully saturated rings. The molecule has 0 heterocycles. The van der Waals surface area contributed by atoms with Crippen molar-refractivity contribution in [1.29, 1.82) is 0 Å². The standard InChI is InChI=1S/C15H12Cl4/c1-15(2,9-5-3-7-11(16)13(9)18)10-6-4-8-12(17)14(10)19/h3-8H,1-2H3. The van der Waals surface area contributed by atoms with E-state index in [1.807, 2.05) is 38.1 Å². The molecule has 2 aromatic rings. The van der Waals surface area contributed by atoms with E-state index >= 15 is 0 Å². The maximum Gasteiger partial charge on any atom is 0.0633 e. The summed E-state index contributed by atoms with van der Waals surface area (Å²) in [7, 11) is 0. The van der Waals surface area contributed by atoms with Gasteiger partial charge in [0.1, 0.15) is 0 Å². The van der Waals surface area contributed by atoms with Gasteiger partial charge in [-0.3, -0.25) is 0 Å². The molecule has 0 saturated heterocycles. The third-order valence-electron chi connectivity index (χ3n) is 3.25. The van der Waals surface area contributed by atoms with Crippen molar-refractivity contribution in [2.75, 3.05) is 0 Å². The van der Waals surface area contributed by atoms with Crippen LogP contribution in [-0.4, -0.2) is 0 Å². The van der Waals surface area contributed by atoms with E-state index in [2.05, 4.69) is 0 Å². The van der Waals surface area contributed by atoms with Gasteiger partial charge in [-0.25, -0.2) is 0 Å². The van der Waals surface area contributed by atoms with Crippen LogP contribution in [0.2, 0.25) is 20.1 Å². The second-order valence-electron chi connectivity index (χ2n) is 4.83. The molecule has 0 unspecified atom stereocenters. The Hall–Kier alpha value is -0.400. The van der Waals surface area contributed by atoms with Gasteiger partial charge in [-0.1, -0.05) is 84.5 Å². The molecule has 0 spiro atoms. The fourth-order valence-electron chi connectivity index (χ4n) is 2.12. The Bertz CT molecular complexity index is 564. The van der Waals surface area contributed by atoms with Crippen LogP contribution < -0.4 is 0 Å². The van der Waals surface area contributed by atoms with Crippen molar-refractivity contribution in [1.82, 2.24) is 0 Å². The molecule has 0 aliphatic heterocycles. The van der Waals surface area contributed by atoms with E-state index in [0.29, 0.717) is 20.1 Å². The maximum atomic E-state index is 6.31. The zero-order chi connectivity index (χ0) is 14.2. The van der Waals surface area contributed by atoms with Gasteiger partial charge in [-0.2, -0.15) is 0 Å². The minimum absolute atomic E-state index is 0.385. The Morgan fingerprint density at radius 3 is 1.42 bits per heavy atom. The summed E-state index contributed by atoms with van der Waals surface area (Å²) in [4.78, 5) is 0. The van der Waals surface area contributed by atoms with Crippen LogP contribution in [0.5, 0.6) is 0 Å². The third kappa shape index (κ3) is 2.73. The van der Waals surface area contributed by atoms with E-state index in [1.54, 1.807) is 12.1 Å². The number of rotatable bonds is 2. The molecule has 100 valence electrons. The van der Waals surface area contributed by atoms with E-state index in [-0.39, 0.29) is 5.41 Å². The largest absolute Gasteiger partial charge is 0.0827 e. The van der Waals surface area contributed by atoms with E-state index < -0.39 is 0 Å². The monoisotopic (exact) mass is 332 g/mol. The Balaban J connectivity index is 2.65. The van der Waals surface area contributed by atoms with Crippen LogP contribution in [0.25, 0.3) is 0 Å². The number of hydrogen-bond acceptors (Lipinski definition) is 0. The predicted molar refractivity (Wildman–Crippen MR) is 85.1 cm³/mol. The van der Waals surface area contributed by atoms with Crippen molar-refractivity contribution >= 4 is 46.4 Å². The molecular formula is C15H12Cl4. The highest BCUT2D eigenvalue weighted by atomic mass is 35.5. The normalized spacial score (nSPS) is 11.7. The molecule has 0 saturated carbocycles. The Labute approximate surface area is 133 Å². The Kier molecular flexibility index (Phi) is 4.37. The van der Waals surface area contributed by atoms with E-state index in [4.69, 9.17) is 46.4 Å². The second-order valence-corrected chi connectivity index (χ2v) is 6.40. The molecule has 2 aromatic carbocycles. The quantitative estimate of drug-likeness (QED) is 0.578. The lowest BCUT2D eigenvalue weighted by Crippen LogP contribution is -2.20. The van der Waals surface area contributed by atoms with E-state index in [9.17, 15) is 0 Å². The van der Waals surface area contributed by atoms with Crippen LogP contribution in [0.3, 0.4) is 0 Å². The van der Waals surface area contributed by atoms with Crippen LogP contribution in [-0.2, 0) is 5.41 Å². The topological polar surface area (TPSA) is 0 Å². The molecule has 19 heavy (non-hydrogen) atoms. The van der Waals surface area contributed by atoms with E-state index in [0.717, 1.165) is 11.1 Å². The summed E-state index contributed by atoms with van der Waals surface area (Å²) in [5.41, 5.74) is 1.46. The van der Waals surface area contributed by atoms with E-state index in [1.165, 1.54) is 0 Å². The van der Waals surface area contributed by atoms with Crippen LogP contribution in [0.15, 0.2) is 36.4 Å². The van der Waals surface area contributed by atoms with Gasteiger partial charge in [0.2, 0.25) is 0 Å². The van der Waals surface area contributed by atoms with Crippen molar-refractivity contribution in [3.05, 3.63) is 67.6 Å². The first-order chi connectivity index (χ1) is 8.85. The van der Waals surface area contributed by atoms with Crippen molar-refractivity contribution in [2.24, 2.45) is 0 Å². The number of hydrogen-bond donors (Lipinski definition) is 0. The lowest BCUT2D eigenvalue weighted by Gasteiger charge is -2.28. The minimum atomic E-state index is -0.385. The summed E-state index contributed by atoms with van der Waals surface area (Å²) >= 11 is 24.8. The fourth-order valence-corrected chi connectivity index (χ4v) is 3.19. The van der Waals surface area contributed by atoms with Gasteiger partial charge in [-0.15, -0.1) is 0 Å². The smallest absolute Gasteiger partial charge is 0.0633 e. The van der Waals surface area contributed by atoms with Crippen molar-refractivity contribution in [3.8, 4) is 0 Å². The average Bonchev–Trinajstić information content (AvgIpc) is 2.35. The van der Waals surface area contributed by atoms with Gasteiger partial charge < -0.3 is 0 Å². The number of benzene rings is 2. The summed E-state index contributed by atoms with van der Waals surface area (Å²) in [6, 6.07) is 11.2. The first-order valence-electron chi connectivity index (χ1n) is 5.74. The first-order valence-corrected chi connectivity index (χ1v) is 7.26. The highest BCUT2D eigenvalue weighted by Gasteiger charge is 2.29. The molecule has 0 N–H and O–H groups in total. The average molecular weight is 334 g/mol. The lowest BCUT2D eigenvalue weighted by molar-refractivity contribution is 0.641. The number of halogens is 4. The van der Waals surface area contributed by atoms with Crippen LogP contribution in [0, 0.1) is 0 Å². The van der Waals surface area contributed by atoms with Gasteiger partial charge in [0.15, 0.2) is 0 Å².